The molecule has 3 aromatic rings. The zero-order valence-corrected chi connectivity index (χ0v) is 13.2. The van der Waals surface area contributed by atoms with Crippen molar-refractivity contribution < 1.29 is 4.39 Å². The fourth-order valence-electron chi connectivity index (χ4n) is 2.44. The van der Waals surface area contributed by atoms with E-state index >= 15 is 0 Å². The number of benzene rings is 1. The van der Waals surface area contributed by atoms with Crippen LogP contribution in [0.25, 0.3) is 4.96 Å². The van der Waals surface area contributed by atoms with E-state index in [1.54, 1.807) is 11.3 Å². The molecule has 3 nitrogen and oxygen atoms in total. The summed E-state index contributed by atoms with van der Waals surface area (Å²) in [5.74, 6) is -0.201. The molecule has 21 heavy (non-hydrogen) atoms. The molecule has 0 saturated heterocycles. The van der Waals surface area contributed by atoms with Crippen molar-refractivity contribution in [3.63, 3.8) is 0 Å². The van der Waals surface area contributed by atoms with Crippen LogP contribution in [0.15, 0.2) is 30.5 Å². The topological polar surface area (TPSA) is 29.3 Å². The van der Waals surface area contributed by atoms with E-state index in [4.69, 9.17) is 0 Å². The number of nitrogens with one attached hydrogen (secondary N) is 1. The Morgan fingerprint density at radius 1 is 1.29 bits per heavy atom. The van der Waals surface area contributed by atoms with Crippen molar-refractivity contribution >= 4 is 16.3 Å². The number of fused-ring (bicyclic) bond motifs is 1. The molecule has 5 heteroatoms. The summed E-state index contributed by atoms with van der Waals surface area (Å²) in [6.45, 7) is 6.95. The van der Waals surface area contributed by atoms with Gasteiger partial charge in [0.05, 0.1) is 11.4 Å². The van der Waals surface area contributed by atoms with Crippen LogP contribution in [0.1, 0.15) is 34.8 Å². The van der Waals surface area contributed by atoms with Crippen LogP contribution in [0, 0.1) is 19.7 Å². The van der Waals surface area contributed by atoms with Gasteiger partial charge in [-0.3, -0.25) is 4.40 Å². The number of thiazole rings is 1. The highest BCUT2D eigenvalue weighted by atomic mass is 32.1. The minimum absolute atomic E-state index is 0.162. The fourth-order valence-corrected chi connectivity index (χ4v) is 3.33. The Bertz CT molecular complexity index is 758. The lowest BCUT2D eigenvalue weighted by atomic mass is 10.1. The molecule has 0 aliphatic carbocycles. The average molecular weight is 303 g/mol. The third kappa shape index (κ3) is 2.84. The second-order valence-corrected chi connectivity index (χ2v) is 6.51. The Balaban J connectivity index is 1.76. The van der Waals surface area contributed by atoms with Gasteiger partial charge in [0.2, 0.25) is 0 Å². The van der Waals surface area contributed by atoms with Crippen LogP contribution >= 0.6 is 11.3 Å². The summed E-state index contributed by atoms with van der Waals surface area (Å²) in [5, 5.41) is 3.48. The van der Waals surface area contributed by atoms with Crippen LogP contribution in [-0.2, 0) is 6.54 Å². The number of hydrogen-bond donors (Lipinski definition) is 1. The molecule has 0 saturated carbocycles. The van der Waals surface area contributed by atoms with Crippen molar-refractivity contribution in [3.8, 4) is 0 Å². The molecule has 1 atom stereocenters. The first-order valence-electron chi connectivity index (χ1n) is 6.97. The molecule has 0 spiro atoms. The van der Waals surface area contributed by atoms with Crippen molar-refractivity contribution in [1.82, 2.24) is 14.7 Å². The van der Waals surface area contributed by atoms with E-state index < -0.39 is 0 Å². The summed E-state index contributed by atoms with van der Waals surface area (Å²) in [7, 11) is 0. The lowest BCUT2D eigenvalue weighted by Crippen LogP contribution is -2.19. The Labute approximate surface area is 127 Å². The van der Waals surface area contributed by atoms with Crippen LogP contribution in [0.3, 0.4) is 0 Å². The first-order chi connectivity index (χ1) is 10.0. The van der Waals surface area contributed by atoms with Crippen LogP contribution in [0.2, 0.25) is 0 Å². The van der Waals surface area contributed by atoms with Gasteiger partial charge in [0, 0.05) is 23.7 Å². The van der Waals surface area contributed by atoms with E-state index in [1.807, 2.05) is 19.1 Å². The molecule has 0 fully saturated rings. The third-order valence-corrected chi connectivity index (χ3v) is 4.58. The predicted molar refractivity (Wildman–Crippen MR) is 84.2 cm³/mol. The van der Waals surface area contributed by atoms with E-state index in [0.29, 0.717) is 0 Å². The first-order valence-corrected chi connectivity index (χ1v) is 7.79. The molecule has 2 heterocycles. The highest BCUT2D eigenvalue weighted by molar-refractivity contribution is 7.17. The van der Waals surface area contributed by atoms with Gasteiger partial charge in [-0.2, -0.15) is 0 Å². The van der Waals surface area contributed by atoms with Gasteiger partial charge in [0.15, 0.2) is 4.96 Å². The Hall–Kier alpha value is -1.72. The quantitative estimate of drug-likeness (QED) is 0.789. The minimum atomic E-state index is -0.201. The van der Waals surface area contributed by atoms with Gasteiger partial charge in [-0.25, -0.2) is 9.37 Å². The lowest BCUT2D eigenvalue weighted by Gasteiger charge is -2.14. The normalized spacial score (nSPS) is 13.0. The Kier molecular flexibility index (Phi) is 3.78. The van der Waals surface area contributed by atoms with Crippen LogP contribution < -0.4 is 5.32 Å². The highest BCUT2D eigenvalue weighted by Crippen LogP contribution is 2.21. The summed E-state index contributed by atoms with van der Waals surface area (Å²) in [4.78, 5) is 6.88. The van der Waals surface area contributed by atoms with E-state index in [1.165, 1.54) is 22.7 Å². The molecule has 0 radical (unpaired) electrons. The molecule has 110 valence electrons. The number of imidazole rings is 1. The van der Waals surface area contributed by atoms with Crippen LogP contribution in [-0.4, -0.2) is 9.38 Å². The lowest BCUT2D eigenvalue weighted by molar-refractivity contribution is 0.561. The summed E-state index contributed by atoms with van der Waals surface area (Å²) in [5.41, 5.74) is 3.32. The third-order valence-electron chi connectivity index (χ3n) is 3.69. The number of aryl methyl sites for hydroxylation is 2. The van der Waals surface area contributed by atoms with Crippen LogP contribution in [0.5, 0.6) is 0 Å². The van der Waals surface area contributed by atoms with Gasteiger partial charge < -0.3 is 5.32 Å². The van der Waals surface area contributed by atoms with Crippen molar-refractivity contribution in [2.24, 2.45) is 0 Å². The predicted octanol–water partition coefficient (Wildman–Crippen LogP) is 4.00. The molecule has 1 aromatic carbocycles. The number of rotatable bonds is 4. The molecule has 1 unspecified atom stereocenters. The number of aromatic nitrogens is 2. The maximum atomic E-state index is 13.0. The second-order valence-electron chi connectivity index (χ2n) is 5.29. The van der Waals surface area contributed by atoms with Gasteiger partial charge in [0.25, 0.3) is 0 Å². The molecule has 0 amide bonds. The summed E-state index contributed by atoms with van der Waals surface area (Å²) in [6.07, 6.45) is 2.12. The van der Waals surface area contributed by atoms with Crippen molar-refractivity contribution in [3.05, 3.63) is 58.1 Å². The SMILES string of the molecule is Cc1cn2c(CNC(C)c3ccc(F)cc3)c(C)nc2s1. The van der Waals surface area contributed by atoms with Gasteiger partial charge >= 0.3 is 0 Å². The van der Waals surface area contributed by atoms with E-state index in [9.17, 15) is 4.39 Å². The second kappa shape index (κ2) is 5.58. The monoisotopic (exact) mass is 303 g/mol. The molecule has 3 rings (SSSR count). The minimum Gasteiger partial charge on any atom is -0.305 e. The van der Waals surface area contributed by atoms with Gasteiger partial charge in [-0.15, -0.1) is 11.3 Å². The Morgan fingerprint density at radius 3 is 2.71 bits per heavy atom. The highest BCUT2D eigenvalue weighted by Gasteiger charge is 2.12. The molecular formula is C16H18FN3S. The largest absolute Gasteiger partial charge is 0.305 e. The molecular weight excluding hydrogens is 285 g/mol. The zero-order valence-electron chi connectivity index (χ0n) is 12.4. The maximum Gasteiger partial charge on any atom is 0.194 e. The molecule has 0 aliphatic rings. The van der Waals surface area contributed by atoms with Gasteiger partial charge in [-0.1, -0.05) is 12.1 Å². The van der Waals surface area contributed by atoms with Gasteiger partial charge in [-0.05, 0) is 38.5 Å². The molecule has 0 aliphatic heterocycles. The molecule has 1 N–H and O–H groups in total. The summed E-state index contributed by atoms with van der Waals surface area (Å²) >= 11 is 1.70. The van der Waals surface area contributed by atoms with Crippen molar-refractivity contribution in [2.75, 3.05) is 0 Å². The van der Waals surface area contributed by atoms with Crippen molar-refractivity contribution in [2.45, 2.75) is 33.4 Å². The fraction of sp³-hybridized carbons (Fsp3) is 0.312. The molecule has 0 bridgehead atoms. The standard InChI is InChI=1S/C16H18FN3S/c1-10-9-20-15(12(3)19-16(20)21-10)8-18-11(2)13-4-6-14(17)7-5-13/h4-7,9,11,18H,8H2,1-3H3. The average Bonchev–Trinajstić information content (AvgIpc) is 2.92. The Morgan fingerprint density at radius 2 is 2.00 bits per heavy atom. The molecule has 2 aromatic heterocycles. The van der Waals surface area contributed by atoms with E-state index in [0.717, 1.165) is 22.8 Å². The maximum absolute atomic E-state index is 13.0. The smallest absolute Gasteiger partial charge is 0.194 e. The van der Waals surface area contributed by atoms with Crippen LogP contribution in [0.4, 0.5) is 4.39 Å². The first kappa shape index (κ1) is 14.2. The van der Waals surface area contributed by atoms with E-state index in [-0.39, 0.29) is 11.9 Å². The van der Waals surface area contributed by atoms with Gasteiger partial charge in [0.1, 0.15) is 5.82 Å². The van der Waals surface area contributed by atoms with E-state index in [2.05, 4.69) is 34.7 Å². The summed E-state index contributed by atoms with van der Waals surface area (Å²) in [6, 6.07) is 6.80. The number of halogens is 1. The summed E-state index contributed by atoms with van der Waals surface area (Å²) < 4.78 is 15.1. The van der Waals surface area contributed by atoms with Crippen molar-refractivity contribution in [1.29, 1.82) is 0 Å². The zero-order chi connectivity index (χ0) is 15.0. The number of nitrogens with zero attached hydrogens (tertiary/aromatic N) is 2. The number of hydrogen-bond acceptors (Lipinski definition) is 3.